The van der Waals surface area contributed by atoms with Gasteiger partial charge >= 0.3 is 0 Å². The lowest BCUT2D eigenvalue weighted by Crippen LogP contribution is -2.16. The van der Waals surface area contributed by atoms with Crippen molar-refractivity contribution in [2.24, 2.45) is 0 Å². The molecule has 0 saturated heterocycles. The number of para-hydroxylation sites is 1. The van der Waals surface area contributed by atoms with E-state index in [-0.39, 0.29) is 5.41 Å². The summed E-state index contributed by atoms with van der Waals surface area (Å²) in [5.74, 6) is 0.886. The minimum Gasteiger partial charge on any atom is -0.269 e. The number of halogens is 1. The summed E-state index contributed by atoms with van der Waals surface area (Å²) in [6, 6.07) is 8.26. The quantitative estimate of drug-likeness (QED) is 0.826. The number of hydrogen-bond acceptors (Lipinski definition) is 2. The number of benzene rings is 1. The van der Waals surface area contributed by atoms with Crippen molar-refractivity contribution < 1.29 is 0 Å². The fourth-order valence-corrected chi connectivity index (χ4v) is 2.29. The molecule has 1 aromatic heterocycles. The summed E-state index contributed by atoms with van der Waals surface area (Å²) >= 11 is 6.17. The normalized spacial score (nSPS) is 11.8. The first kappa shape index (κ1) is 13.1. The summed E-state index contributed by atoms with van der Waals surface area (Å²) in [6.07, 6.45) is 0.804. The van der Waals surface area contributed by atoms with Gasteiger partial charge in [-0.25, -0.2) is 0 Å². The standard InChI is InChI=1S/C14H18ClN3/c1-5-12-16-17-13(15)18(12)11-9-7-6-8-10(11)14(2,3)4/h6-9H,5H2,1-4H3. The van der Waals surface area contributed by atoms with Crippen LogP contribution in [0.15, 0.2) is 24.3 Å². The predicted octanol–water partition coefficient (Wildman–Crippen LogP) is 3.78. The summed E-state index contributed by atoms with van der Waals surface area (Å²) in [4.78, 5) is 0. The lowest BCUT2D eigenvalue weighted by atomic mass is 9.85. The zero-order valence-corrected chi connectivity index (χ0v) is 12.0. The first-order valence-electron chi connectivity index (χ1n) is 6.15. The maximum Gasteiger partial charge on any atom is 0.229 e. The fourth-order valence-electron chi connectivity index (χ4n) is 2.07. The van der Waals surface area contributed by atoms with Crippen LogP contribution in [0, 0.1) is 0 Å². The third-order valence-corrected chi connectivity index (χ3v) is 3.20. The number of aryl methyl sites for hydroxylation is 1. The minimum absolute atomic E-state index is 0.0508. The Labute approximate surface area is 113 Å². The second kappa shape index (κ2) is 4.73. The van der Waals surface area contributed by atoms with Crippen LogP contribution >= 0.6 is 11.6 Å². The molecule has 1 heterocycles. The molecule has 2 aromatic rings. The zero-order valence-electron chi connectivity index (χ0n) is 11.2. The van der Waals surface area contributed by atoms with Gasteiger partial charge in [0.2, 0.25) is 5.28 Å². The van der Waals surface area contributed by atoms with Crippen molar-refractivity contribution in [3.63, 3.8) is 0 Å². The Balaban J connectivity index is 2.68. The molecule has 0 aliphatic rings. The Kier molecular flexibility index (Phi) is 3.44. The summed E-state index contributed by atoms with van der Waals surface area (Å²) in [5, 5.41) is 8.50. The molecule has 0 aliphatic heterocycles. The molecule has 0 radical (unpaired) electrons. The summed E-state index contributed by atoms with van der Waals surface area (Å²) in [7, 11) is 0. The Morgan fingerprint density at radius 2 is 1.83 bits per heavy atom. The molecule has 3 nitrogen and oxygen atoms in total. The Bertz CT molecular complexity index is 552. The van der Waals surface area contributed by atoms with Crippen molar-refractivity contribution in [2.45, 2.75) is 39.5 Å². The molecule has 18 heavy (non-hydrogen) atoms. The second-order valence-electron chi connectivity index (χ2n) is 5.34. The topological polar surface area (TPSA) is 30.7 Å². The highest BCUT2D eigenvalue weighted by atomic mass is 35.5. The van der Waals surface area contributed by atoms with Crippen LogP contribution in [-0.2, 0) is 11.8 Å². The highest BCUT2D eigenvalue weighted by molar-refractivity contribution is 6.28. The van der Waals surface area contributed by atoms with Crippen molar-refractivity contribution in [3.05, 3.63) is 40.9 Å². The third-order valence-electron chi connectivity index (χ3n) is 2.96. The van der Waals surface area contributed by atoms with Gasteiger partial charge < -0.3 is 0 Å². The fraction of sp³-hybridized carbons (Fsp3) is 0.429. The van der Waals surface area contributed by atoms with E-state index < -0.39 is 0 Å². The smallest absolute Gasteiger partial charge is 0.229 e. The van der Waals surface area contributed by atoms with Gasteiger partial charge in [0.25, 0.3) is 0 Å². The molecular formula is C14H18ClN3. The number of rotatable bonds is 2. The maximum atomic E-state index is 6.17. The molecule has 0 atom stereocenters. The lowest BCUT2D eigenvalue weighted by molar-refractivity contribution is 0.585. The number of nitrogens with zero attached hydrogens (tertiary/aromatic N) is 3. The van der Waals surface area contributed by atoms with Crippen LogP contribution in [0.4, 0.5) is 0 Å². The largest absolute Gasteiger partial charge is 0.269 e. The van der Waals surface area contributed by atoms with E-state index in [0.29, 0.717) is 5.28 Å². The van der Waals surface area contributed by atoms with Gasteiger partial charge in [0.05, 0.1) is 5.69 Å². The SMILES string of the molecule is CCc1nnc(Cl)n1-c1ccccc1C(C)(C)C. The average Bonchev–Trinajstić information content (AvgIpc) is 2.69. The molecule has 0 saturated carbocycles. The molecule has 0 fully saturated rings. The highest BCUT2D eigenvalue weighted by Gasteiger charge is 2.21. The van der Waals surface area contributed by atoms with Gasteiger partial charge in [0, 0.05) is 6.42 Å². The van der Waals surface area contributed by atoms with E-state index in [4.69, 9.17) is 11.6 Å². The molecule has 0 unspecified atom stereocenters. The van der Waals surface area contributed by atoms with Crippen molar-refractivity contribution >= 4 is 11.6 Å². The molecule has 96 valence electrons. The Morgan fingerprint density at radius 1 is 1.17 bits per heavy atom. The van der Waals surface area contributed by atoms with E-state index >= 15 is 0 Å². The van der Waals surface area contributed by atoms with Crippen LogP contribution in [0.25, 0.3) is 5.69 Å². The average molecular weight is 264 g/mol. The summed E-state index contributed by atoms with van der Waals surface area (Å²) in [6.45, 7) is 8.62. The highest BCUT2D eigenvalue weighted by Crippen LogP contribution is 2.30. The van der Waals surface area contributed by atoms with Crippen LogP contribution in [0.1, 0.15) is 39.1 Å². The molecule has 4 heteroatoms. The number of hydrogen-bond donors (Lipinski definition) is 0. The third kappa shape index (κ3) is 2.27. The van der Waals surface area contributed by atoms with Gasteiger partial charge in [-0.05, 0) is 28.6 Å². The number of aromatic nitrogens is 3. The van der Waals surface area contributed by atoms with Crippen molar-refractivity contribution in [2.75, 3.05) is 0 Å². The van der Waals surface area contributed by atoms with Crippen molar-refractivity contribution in [1.82, 2.24) is 14.8 Å². The summed E-state index contributed by atoms with van der Waals surface area (Å²) in [5.41, 5.74) is 2.35. The van der Waals surface area contributed by atoms with Crippen LogP contribution < -0.4 is 0 Å². The zero-order chi connectivity index (χ0) is 13.3. The minimum atomic E-state index is 0.0508. The monoisotopic (exact) mass is 263 g/mol. The molecule has 2 rings (SSSR count). The molecule has 0 aliphatic carbocycles. The van der Waals surface area contributed by atoms with Gasteiger partial charge in [-0.15, -0.1) is 10.2 Å². The van der Waals surface area contributed by atoms with Crippen molar-refractivity contribution in [1.29, 1.82) is 0 Å². The van der Waals surface area contributed by atoms with Gasteiger partial charge in [-0.1, -0.05) is 45.9 Å². The molecule has 1 aromatic carbocycles. The van der Waals surface area contributed by atoms with Crippen molar-refractivity contribution in [3.8, 4) is 5.69 Å². The van der Waals surface area contributed by atoms with E-state index in [9.17, 15) is 0 Å². The van der Waals surface area contributed by atoms with Crippen LogP contribution in [-0.4, -0.2) is 14.8 Å². The Hall–Kier alpha value is -1.35. The molecular weight excluding hydrogens is 246 g/mol. The van der Waals surface area contributed by atoms with E-state index in [1.54, 1.807) is 0 Å². The predicted molar refractivity (Wildman–Crippen MR) is 74.4 cm³/mol. The first-order chi connectivity index (χ1) is 8.45. The van der Waals surface area contributed by atoms with Crippen LogP contribution in [0.2, 0.25) is 5.28 Å². The van der Waals surface area contributed by atoms with Gasteiger partial charge in [0.15, 0.2) is 0 Å². The molecule has 0 bridgehead atoms. The van der Waals surface area contributed by atoms with Gasteiger partial charge in [-0.2, -0.15) is 0 Å². The maximum absolute atomic E-state index is 6.17. The van der Waals surface area contributed by atoms with Gasteiger partial charge in [0.1, 0.15) is 5.82 Å². The summed E-state index contributed by atoms with van der Waals surface area (Å²) < 4.78 is 1.93. The first-order valence-corrected chi connectivity index (χ1v) is 6.52. The lowest BCUT2D eigenvalue weighted by Gasteiger charge is -2.23. The van der Waals surface area contributed by atoms with Crippen LogP contribution in [0.3, 0.4) is 0 Å². The van der Waals surface area contributed by atoms with E-state index in [1.165, 1.54) is 5.56 Å². The Morgan fingerprint density at radius 3 is 2.44 bits per heavy atom. The molecule has 0 N–H and O–H groups in total. The van der Waals surface area contributed by atoms with E-state index in [0.717, 1.165) is 17.9 Å². The van der Waals surface area contributed by atoms with Gasteiger partial charge in [-0.3, -0.25) is 4.57 Å². The second-order valence-corrected chi connectivity index (χ2v) is 5.68. The van der Waals surface area contributed by atoms with E-state index in [2.05, 4.69) is 50.0 Å². The molecule has 0 amide bonds. The van der Waals surface area contributed by atoms with E-state index in [1.807, 2.05) is 16.7 Å². The van der Waals surface area contributed by atoms with Crippen LogP contribution in [0.5, 0.6) is 0 Å². The molecule has 0 spiro atoms.